The summed E-state index contributed by atoms with van der Waals surface area (Å²) in [6.07, 6.45) is 0. The molecule has 0 unspecified atom stereocenters. The van der Waals surface area contributed by atoms with Crippen molar-refractivity contribution in [1.82, 2.24) is 19.7 Å². The zero-order chi connectivity index (χ0) is 20.0. The molecule has 12 heteroatoms. The van der Waals surface area contributed by atoms with E-state index in [1.54, 1.807) is 6.92 Å². The van der Waals surface area contributed by atoms with Crippen LogP contribution in [0, 0.1) is 24.2 Å². The van der Waals surface area contributed by atoms with Crippen molar-refractivity contribution in [1.29, 1.82) is 5.26 Å². The summed E-state index contributed by atoms with van der Waals surface area (Å²) in [5.74, 6) is -0.413. The molecule has 3 N–H and O–H groups in total. The fraction of sp³-hybridized carbons (Fsp3) is 0.467. The van der Waals surface area contributed by atoms with Crippen molar-refractivity contribution in [3.63, 3.8) is 0 Å². The lowest BCUT2D eigenvalue weighted by Gasteiger charge is -2.06. The Morgan fingerprint density at radius 2 is 2.19 bits per heavy atom. The van der Waals surface area contributed by atoms with Gasteiger partial charge in [0.2, 0.25) is 11.9 Å². The maximum absolute atomic E-state index is 12.3. The van der Waals surface area contributed by atoms with Gasteiger partial charge >= 0.3 is 5.97 Å². The first kappa shape index (κ1) is 20.7. The number of thioether (sulfide) groups is 1. The molecule has 0 spiro atoms. The van der Waals surface area contributed by atoms with E-state index in [1.165, 1.54) is 4.57 Å². The number of aryl methyl sites for hydroxylation is 1. The zero-order valence-electron chi connectivity index (χ0n) is 15.1. The van der Waals surface area contributed by atoms with Crippen LogP contribution in [0.4, 0.5) is 11.1 Å². The predicted molar refractivity (Wildman–Crippen MR) is 101 cm³/mol. The van der Waals surface area contributed by atoms with E-state index in [0.29, 0.717) is 22.3 Å². The van der Waals surface area contributed by atoms with E-state index in [2.05, 4.69) is 20.5 Å². The number of nitrogens with zero attached hydrogens (tertiary/aromatic N) is 5. The maximum Gasteiger partial charge on any atom is 0.350 e. The fourth-order valence-corrected chi connectivity index (χ4v) is 3.38. The van der Waals surface area contributed by atoms with Crippen LogP contribution in [0.3, 0.4) is 0 Å². The molecule has 0 aliphatic heterocycles. The summed E-state index contributed by atoms with van der Waals surface area (Å²) < 4.78 is 6.59. The summed E-state index contributed by atoms with van der Waals surface area (Å²) in [5, 5.41) is 19.5. The third-order valence-corrected chi connectivity index (χ3v) is 4.98. The Kier molecular flexibility index (Phi) is 7.14. The summed E-state index contributed by atoms with van der Waals surface area (Å²) in [7, 11) is 0. The molecule has 0 aliphatic rings. The molecule has 10 nitrogen and oxygen atoms in total. The molecule has 0 saturated heterocycles. The Balaban J connectivity index is 2.03. The molecule has 0 saturated carbocycles. The minimum Gasteiger partial charge on any atom is -0.461 e. The Morgan fingerprint density at radius 3 is 2.85 bits per heavy atom. The van der Waals surface area contributed by atoms with Gasteiger partial charge in [-0.25, -0.2) is 9.78 Å². The smallest absolute Gasteiger partial charge is 0.350 e. The maximum atomic E-state index is 12.3. The molecule has 0 aromatic carbocycles. The number of nitriles is 1. The largest absolute Gasteiger partial charge is 0.461 e. The molecule has 0 bridgehead atoms. The first-order valence-corrected chi connectivity index (χ1v) is 9.74. The molecule has 144 valence electrons. The molecule has 27 heavy (non-hydrogen) atoms. The molecule has 1 amide bonds. The molecule has 0 aliphatic carbocycles. The molecule has 2 rings (SSSR count). The summed E-state index contributed by atoms with van der Waals surface area (Å²) in [6, 6.07) is 1.97. The van der Waals surface area contributed by atoms with Gasteiger partial charge in [0, 0.05) is 0 Å². The first-order valence-electron chi connectivity index (χ1n) is 7.94. The first-order chi connectivity index (χ1) is 12.8. The van der Waals surface area contributed by atoms with Crippen LogP contribution in [0.25, 0.3) is 0 Å². The fourth-order valence-electron chi connectivity index (χ4n) is 1.90. The molecule has 2 aromatic heterocycles. The van der Waals surface area contributed by atoms with Crippen molar-refractivity contribution in [2.75, 3.05) is 23.4 Å². The second-order valence-corrected chi connectivity index (χ2v) is 7.79. The Bertz CT molecular complexity index is 869. The van der Waals surface area contributed by atoms with E-state index in [4.69, 9.17) is 15.7 Å². The van der Waals surface area contributed by atoms with Crippen LogP contribution < -0.4 is 11.1 Å². The number of carbonyl (C=O) groups is 2. The van der Waals surface area contributed by atoms with Crippen LogP contribution >= 0.6 is 23.1 Å². The Morgan fingerprint density at radius 1 is 1.44 bits per heavy atom. The molecule has 0 atom stereocenters. The predicted octanol–water partition coefficient (Wildman–Crippen LogP) is 1.69. The quantitative estimate of drug-likeness (QED) is 0.490. The normalized spacial score (nSPS) is 10.6. The van der Waals surface area contributed by atoms with Gasteiger partial charge in [-0.05, 0) is 12.8 Å². The van der Waals surface area contributed by atoms with E-state index in [9.17, 15) is 9.59 Å². The van der Waals surface area contributed by atoms with Crippen molar-refractivity contribution in [3.8, 4) is 6.07 Å². The Hall–Kier alpha value is -2.65. The third kappa shape index (κ3) is 5.66. The van der Waals surface area contributed by atoms with E-state index in [1.807, 2.05) is 19.9 Å². The second kappa shape index (κ2) is 9.33. The van der Waals surface area contributed by atoms with Gasteiger partial charge in [0.25, 0.3) is 0 Å². The van der Waals surface area contributed by atoms with Crippen LogP contribution in [0.15, 0.2) is 5.16 Å². The highest BCUT2D eigenvalue weighted by Crippen LogP contribution is 2.24. The number of nitrogens with one attached hydrogen (secondary N) is 1. The topological polar surface area (TPSA) is 149 Å². The Labute approximate surface area is 164 Å². The lowest BCUT2D eigenvalue weighted by Crippen LogP contribution is -2.20. The van der Waals surface area contributed by atoms with Crippen molar-refractivity contribution in [2.24, 2.45) is 5.92 Å². The number of nitrogen functional groups attached to an aromatic ring is 1. The number of nitrogens with two attached hydrogens (primary N) is 1. The molecular weight excluding hydrogens is 390 g/mol. The minimum absolute atomic E-state index is 0.0684. The second-order valence-electron chi connectivity index (χ2n) is 5.85. The van der Waals surface area contributed by atoms with Gasteiger partial charge in [-0.2, -0.15) is 5.26 Å². The van der Waals surface area contributed by atoms with Crippen molar-refractivity contribution < 1.29 is 14.3 Å². The van der Waals surface area contributed by atoms with Gasteiger partial charge in [-0.1, -0.05) is 36.9 Å². The van der Waals surface area contributed by atoms with Crippen LogP contribution in [0.5, 0.6) is 0 Å². The van der Waals surface area contributed by atoms with Gasteiger partial charge in [0.15, 0.2) is 10.3 Å². The van der Waals surface area contributed by atoms with Gasteiger partial charge < -0.3 is 15.8 Å². The molecule has 2 heterocycles. The highest BCUT2D eigenvalue weighted by atomic mass is 32.2. The number of aromatic nitrogens is 4. The number of hydrogen-bond donors (Lipinski definition) is 2. The van der Waals surface area contributed by atoms with Crippen molar-refractivity contribution in [2.45, 2.75) is 32.5 Å². The highest BCUT2D eigenvalue weighted by Gasteiger charge is 2.19. The van der Waals surface area contributed by atoms with E-state index < -0.39 is 11.9 Å². The number of amides is 1. The average Bonchev–Trinajstić information content (AvgIpc) is 3.14. The third-order valence-electron chi connectivity index (χ3n) is 3.09. The number of esters is 1. The van der Waals surface area contributed by atoms with Crippen LogP contribution in [-0.2, 0) is 16.1 Å². The monoisotopic (exact) mass is 409 g/mol. The number of ether oxygens (including phenoxy) is 1. The van der Waals surface area contributed by atoms with Gasteiger partial charge in [0.05, 0.1) is 24.1 Å². The summed E-state index contributed by atoms with van der Waals surface area (Å²) in [4.78, 5) is 28.9. The van der Waals surface area contributed by atoms with Gasteiger partial charge in [0.1, 0.15) is 11.4 Å². The number of anilines is 2. The summed E-state index contributed by atoms with van der Waals surface area (Å²) in [5.41, 5.74) is 6.20. The zero-order valence-corrected chi connectivity index (χ0v) is 16.7. The van der Waals surface area contributed by atoms with Crippen LogP contribution in [0.2, 0.25) is 0 Å². The lowest BCUT2D eigenvalue weighted by molar-refractivity contribution is -0.116. The highest BCUT2D eigenvalue weighted by molar-refractivity contribution is 7.99. The molecule has 2 aromatic rings. The standard InChI is InChI=1S/C15H19N7O3S2/c1-8(2)7-25-12(24)11-9(3)18-14(27-11)19-10(23)6-22-13(17)20-21-15(22)26-5-4-16/h8H,5-7H2,1-3H3,(H2,17,20)(H,18,19,23). The average molecular weight is 409 g/mol. The van der Waals surface area contributed by atoms with E-state index >= 15 is 0 Å². The van der Waals surface area contributed by atoms with Gasteiger partial charge in [-0.3, -0.25) is 9.36 Å². The van der Waals surface area contributed by atoms with Crippen molar-refractivity contribution >= 4 is 46.1 Å². The number of hydrogen-bond acceptors (Lipinski definition) is 10. The minimum atomic E-state index is -0.461. The van der Waals surface area contributed by atoms with E-state index in [-0.39, 0.29) is 29.3 Å². The molecule has 0 fully saturated rings. The summed E-state index contributed by atoms with van der Waals surface area (Å²) in [6.45, 7) is 5.73. The SMILES string of the molecule is Cc1nc(NC(=O)Cn2c(N)nnc2SCC#N)sc1C(=O)OCC(C)C. The van der Waals surface area contributed by atoms with E-state index in [0.717, 1.165) is 23.1 Å². The van der Waals surface area contributed by atoms with Crippen molar-refractivity contribution in [3.05, 3.63) is 10.6 Å². The molecular formula is C15H19N7O3S2. The summed E-state index contributed by atoms with van der Waals surface area (Å²) >= 11 is 2.17. The van der Waals surface area contributed by atoms with Gasteiger partial charge in [-0.15, -0.1) is 10.2 Å². The lowest BCUT2D eigenvalue weighted by atomic mass is 10.2. The van der Waals surface area contributed by atoms with Crippen LogP contribution in [0.1, 0.15) is 29.2 Å². The molecule has 0 radical (unpaired) electrons. The number of carbonyl (C=O) groups excluding carboxylic acids is 2. The number of rotatable bonds is 8. The van der Waals surface area contributed by atoms with Crippen LogP contribution in [-0.4, -0.2) is 44.0 Å². The number of thiazole rings is 1.